The molecule has 1 amide bonds. The fourth-order valence-corrected chi connectivity index (χ4v) is 3.73. The monoisotopic (exact) mass is 434 g/mol. The minimum atomic E-state index is -0.140. The second kappa shape index (κ2) is 9.80. The summed E-state index contributed by atoms with van der Waals surface area (Å²) >= 11 is 7.28. The van der Waals surface area contributed by atoms with Crippen LogP contribution >= 0.6 is 23.4 Å². The number of hydrogen-bond donors (Lipinski definition) is 1. The summed E-state index contributed by atoms with van der Waals surface area (Å²) in [6, 6.07) is 7.05. The molecule has 3 aromatic rings. The summed E-state index contributed by atoms with van der Waals surface area (Å²) < 4.78 is 9.42. The highest BCUT2D eigenvalue weighted by Crippen LogP contribution is 2.30. The smallest absolute Gasteiger partial charge is 0.243 e. The first-order valence-corrected chi connectivity index (χ1v) is 10.7. The lowest BCUT2D eigenvalue weighted by Gasteiger charge is -2.08. The zero-order valence-corrected chi connectivity index (χ0v) is 18.1. The lowest BCUT2D eigenvalue weighted by atomic mass is 10.3. The van der Waals surface area contributed by atoms with E-state index < -0.39 is 0 Å². The van der Waals surface area contributed by atoms with Crippen molar-refractivity contribution >= 4 is 35.0 Å². The SMILES string of the molecule is CCOc1nn(CC)cc1-c1nnc(SCC(=O)Nc2cccc(Cl)c2)n1CC. The average Bonchev–Trinajstić information content (AvgIpc) is 3.29. The van der Waals surface area contributed by atoms with Crippen LogP contribution in [0.15, 0.2) is 35.6 Å². The molecule has 1 aromatic carbocycles. The number of nitrogens with one attached hydrogen (secondary N) is 1. The lowest BCUT2D eigenvalue weighted by Crippen LogP contribution is -2.14. The number of rotatable bonds is 9. The Bertz CT molecular complexity index is 987. The fraction of sp³-hybridized carbons (Fsp3) is 0.368. The highest BCUT2D eigenvalue weighted by molar-refractivity contribution is 7.99. The van der Waals surface area contributed by atoms with Gasteiger partial charge in [0.25, 0.3) is 0 Å². The van der Waals surface area contributed by atoms with Gasteiger partial charge in [-0.15, -0.1) is 15.3 Å². The molecule has 10 heteroatoms. The van der Waals surface area contributed by atoms with Gasteiger partial charge in [0.1, 0.15) is 5.56 Å². The van der Waals surface area contributed by atoms with Gasteiger partial charge in [0.2, 0.25) is 11.8 Å². The van der Waals surface area contributed by atoms with E-state index in [0.29, 0.717) is 40.7 Å². The highest BCUT2D eigenvalue weighted by Gasteiger charge is 2.20. The van der Waals surface area contributed by atoms with Crippen LogP contribution in [0.3, 0.4) is 0 Å². The van der Waals surface area contributed by atoms with E-state index in [4.69, 9.17) is 16.3 Å². The second-order valence-corrected chi connectivity index (χ2v) is 7.41. The Morgan fingerprint density at radius 1 is 1.24 bits per heavy atom. The Morgan fingerprint density at radius 2 is 2.07 bits per heavy atom. The Kier molecular flexibility index (Phi) is 7.16. The number of benzene rings is 1. The van der Waals surface area contributed by atoms with E-state index in [9.17, 15) is 4.79 Å². The van der Waals surface area contributed by atoms with Crippen LogP contribution in [0.4, 0.5) is 5.69 Å². The molecule has 0 radical (unpaired) electrons. The largest absolute Gasteiger partial charge is 0.476 e. The van der Waals surface area contributed by atoms with Crippen LogP contribution in [0, 0.1) is 0 Å². The van der Waals surface area contributed by atoms with Crippen LogP contribution in [0.1, 0.15) is 20.8 Å². The van der Waals surface area contributed by atoms with Crippen molar-refractivity contribution in [3.8, 4) is 17.3 Å². The third kappa shape index (κ3) is 5.10. The molecule has 0 saturated heterocycles. The third-order valence-corrected chi connectivity index (χ3v) is 5.25. The van der Waals surface area contributed by atoms with Gasteiger partial charge in [-0.2, -0.15) is 0 Å². The number of ether oxygens (including phenoxy) is 1. The highest BCUT2D eigenvalue weighted by atomic mass is 35.5. The molecule has 0 aliphatic rings. The molecule has 0 atom stereocenters. The maximum absolute atomic E-state index is 12.3. The van der Waals surface area contributed by atoms with Crippen molar-refractivity contribution in [1.29, 1.82) is 0 Å². The van der Waals surface area contributed by atoms with Crippen molar-refractivity contribution in [3.05, 3.63) is 35.5 Å². The average molecular weight is 435 g/mol. The number of aryl methyl sites for hydroxylation is 1. The van der Waals surface area contributed by atoms with Gasteiger partial charge < -0.3 is 14.6 Å². The van der Waals surface area contributed by atoms with E-state index in [1.54, 1.807) is 28.9 Å². The van der Waals surface area contributed by atoms with E-state index in [1.807, 2.05) is 31.5 Å². The first-order chi connectivity index (χ1) is 14.0. The number of aromatic nitrogens is 5. The maximum Gasteiger partial charge on any atom is 0.243 e. The Labute approximate surface area is 178 Å². The summed E-state index contributed by atoms with van der Waals surface area (Å²) in [5.41, 5.74) is 1.45. The second-order valence-electron chi connectivity index (χ2n) is 6.03. The van der Waals surface area contributed by atoms with Gasteiger partial charge >= 0.3 is 0 Å². The van der Waals surface area contributed by atoms with Crippen molar-refractivity contribution in [2.75, 3.05) is 17.7 Å². The van der Waals surface area contributed by atoms with E-state index in [-0.39, 0.29) is 11.7 Å². The van der Waals surface area contributed by atoms with Crippen LogP contribution in [-0.4, -0.2) is 42.8 Å². The van der Waals surface area contributed by atoms with Crippen LogP contribution in [0.5, 0.6) is 5.88 Å². The van der Waals surface area contributed by atoms with Crippen LogP contribution in [0.2, 0.25) is 5.02 Å². The predicted octanol–water partition coefficient (Wildman–Crippen LogP) is 3.96. The molecule has 2 aromatic heterocycles. The minimum Gasteiger partial charge on any atom is -0.476 e. The molecular formula is C19H23ClN6O2S. The van der Waals surface area contributed by atoms with Crippen molar-refractivity contribution in [3.63, 3.8) is 0 Å². The summed E-state index contributed by atoms with van der Waals surface area (Å²) in [6.45, 7) is 7.83. The molecule has 154 valence electrons. The Balaban J connectivity index is 1.74. The molecule has 8 nitrogen and oxygen atoms in total. The van der Waals surface area contributed by atoms with Gasteiger partial charge in [0.15, 0.2) is 11.0 Å². The normalized spacial score (nSPS) is 10.9. The van der Waals surface area contributed by atoms with Crippen molar-refractivity contribution < 1.29 is 9.53 Å². The Hall–Kier alpha value is -2.52. The molecule has 0 aliphatic carbocycles. The molecule has 2 heterocycles. The molecule has 1 N–H and O–H groups in total. The summed E-state index contributed by atoms with van der Waals surface area (Å²) in [5, 5.41) is 17.1. The van der Waals surface area contributed by atoms with Crippen LogP contribution in [-0.2, 0) is 17.9 Å². The quantitative estimate of drug-likeness (QED) is 0.513. The van der Waals surface area contributed by atoms with Crippen molar-refractivity contribution in [1.82, 2.24) is 24.5 Å². The van der Waals surface area contributed by atoms with Gasteiger partial charge in [0.05, 0.1) is 12.4 Å². The van der Waals surface area contributed by atoms with Gasteiger partial charge in [-0.05, 0) is 39.0 Å². The molecule has 0 unspecified atom stereocenters. The van der Waals surface area contributed by atoms with Gasteiger partial charge in [0, 0.05) is 30.0 Å². The summed E-state index contributed by atoms with van der Waals surface area (Å²) in [6.07, 6.45) is 1.90. The number of amides is 1. The number of thioether (sulfide) groups is 1. The number of carbonyl (C=O) groups excluding carboxylic acids is 1. The Morgan fingerprint density at radius 3 is 2.76 bits per heavy atom. The van der Waals surface area contributed by atoms with E-state index >= 15 is 0 Å². The van der Waals surface area contributed by atoms with E-state index in [2.05, 4.69) is 20.6 Å². The molecule has 29 heavy (non-hydrogen) atoms. The summed E-state index contributed by atoms with van der Waals surface area (Å²) in [7, 11) is 0. The first kappa shape index (κ1) is 21.2. The molecule has 3 rings (SSSR count). The zero-order valence-electron chi connectivity index (χ0n) is 16.6. The number of carbonyl (C=O) groups is 1. The van der Waals surface area contributed by atoms with Gasteiger partial charge in [-0.3, -0.25) is 9.48 Å². The number of anilines is 1. The maximum atomic E-state index is 12.3. The number of nitrogens with zero attached hydrogens (tertiary/aromatic N) is 5. The standard InChI is InChI=1S/C19H23ClN6O2S/c1-4-25-11-15(18(24-25)28-6-3)17-22-23-19(26(17)5-2)29-12-16(27)21-14-9-7-8-13(20)10-14/h7-11H,4-6,12H2,1-3H3,(H,21,27). The zero-order chi connectivity index (χ0) is 20.8. The topological polar surface area (TPSA) is 86.9 Å². The van der Waals surface area contributed by atoms with Crippen LogP contribution < -0.4 is 10.1 Å². The number of hydrogen-bond acceptors (Lipinski definition) is 6. The molecule has 0 fully saturated rings. The third-order valence-electron chi connectivity index (χ3n) is 4.05. The van der Waals surface area contributed by atoms with Crippen molar-refractivity contribution in [2.24, 2.45) is 0 Å². The molecule has 0 saturated carbocycles. The first-order valence-electron chi connectivity index (χ1n) is 9.37. The molecule has 0 bridgehead atoms. The fourth-order valence-electron chi connectivity index (χ4n) is 2.74. The molecule has 0 spiro atoms. The lowest BCUT2D eigenvalue weighted by molar-refractivity contribution is -0.113. The minimum absolute atomic E-state index is 0.140. The van der Waals surface area contributed by atoms with Crippen LogP contribution in [0.25, 0.3) is 11.4 Å². The summed E-state index contributed by atoms with van der Waals surface area (Å²) in [5.74, 6) is 1.27. The van der Waals surface area contributed by atoms with Crippen molar-refractivity contribution in [2.45, 2.75) is 39.0 Å². The number of halogens is 1. The van der Waals surface area contributed by atoms with Gasteiger partial charge in [-0.25, -0.2) is 0 Å². The van der Waals surface area contributed by atoms with Gasteiger partial charge in [-0.1, -0.05) is 29.4 Å². The molecular weight excluding hydrogens is 412 g/mol. The molecule has 0 aliphatic heterocycles. The predicted molar refractivity (Wildman–Crippen MR) is 115 cm³/mol. The van der Waals surface area contributed by atoms with E-state index in [1.165, 1.54) is 11.8 Å². The van der Waals surface area contributed by atoms with E-state index in [0.717, 1.165) is 12.1 Å². The summed E-state index contributed by atoms with van der Waals surface area (Å²) in [4.78, 5) is 12.3.